The topological polar surface area (TPSA) is 111 Å². The highest BCUT2D eigenvalue weighted by Crippen LogP contribution is 2.30. The van der Waals surface area contributed by atoms with Crippen molar-refractivity contribution >= 4 is 40.2 Å². The average Bonchev–Trinajstić information content (AvgIpc) is 3.34. The Labute approximate surface area is 196 Å². The molecule has 0 radical (unpaired) electrons. The van der Waals surface area contributed by atoms with Gasteiger partial charge in [-0.2, -0.15) is 0 Å². The van der Waals surface area contributed by atoms with Crippen LogP contribution in [-0.2, 0) is 21.5 Å². The zero-order valence-electron chi connectivity index (χ0n) is 19.3. The Morgan fingerprint density at radius 3 is 2.59 bits per heavy atom. The average molecular weight is 459 g/mol. The Morgan fingerprint density at radius 1 is 1.06 bits per heavy atom. The molecule has 0 bridgehead atoms. The molecule has 3 aromatic rings. The summed E-state index contributed by atoms with van der Waals surface area (Å²) in [5.41, 5.74) is 4.33. The SMILES string of the molecule is CC(C)(C)c1ccc2cc(C(=O)Nc3ccc4c(c3)CN(C3CCC(=O)NC3=O)C4=O)[nH]c2c1. The summed E-state index contributed by atoms with van der Waals surface area (Å²) in [5, 5.41) is 6.15. The molecule has 3 heterocycles. The van der Waals surface area contributed by atoms with Gasteiger partial charge in [0.25, 0.3) is 11.8 Å². The van der Waals surface area contributed by atoms with Crippen LogP contribution in [0.1, 0.15) is 65.6 Å². The van der Waals surface area contributed by atoms with Crippen molar-refractivity contribution in [2.75, 3.05) is 5.32 Å². The third-order valence-electron chi connectivity index (χ3n) is 6.51. The number of nitrogens with one attached hydrogen (secondary N) is 3. The smallest absolute Gasteiger partial charge is 0.272 e. The van der Waals surface area contributed by atoms with Gasteiger partial charge >= 0.3 is 0 Å². The molecule has 1 saturated heterocycles. The Bertz CT molecular complexity index is 1360. The number of nitrogens with zero attached hydrogens (tertiary/aromatic N) is 1. The van der Waals surface area contributed by atoms with Crippen molar-refractivity contribution in [3.05, 3.63) is 64.8 Å². The lowest BCUT2D eigenvalue weighted by Gasteiger charge is -2.29. The van der Waals surface area contributed by atoms with Crippen molar-refractivity contribution in [3.63, 3.8) is 0 Å². The van der Waals surface area contributed by atoms with Gasteiger partial charge in [0, 0.05) is 35.1 Å². The van der Waals surface area contributed by atoms with Crippen molar-refractivity contribution < 1.29 is 19.2 Å². The second-order valence-electron chi connectivity index (χ2n) is 9.96. The molecular weight excluding hydrogens is 432 g/mol. The Morgan fingerprint density at radius 2 is 1.85 bits per heavy atom. The summed E-state index contributed by atoms with van der Waals surface area (Å²) in [5.74, 6) is -1.28. The Hall–Kier alpha value is -3.94. The zero-order chi connectivity index (χ0) is 24.2. The first-order valence-corrected chi connectivity index (χ1v) is 11.3. The van der Waals surface area contributed by atoms with Gasteiger partial charge in [0.1, 0.15) is 11.7 Å². The highest BCUT2D eigenvalue weighted by atomic mass is 16.2. The van der Waals surface area contributed by atoms with Crippen LogP contribution in [0.5, 0.6) is 0 Å². The van der Waals surface area contributed by atoms with E-state index >= 15 is 0 Å². The number of amides is 4. The molecule has 5 rings (SSSR count). The summed E-state index contributed by atoms with van der Waals surface area (Å²) in [6.45, 7) is 6.69. The van der Waals surface area contributed by atoms with Crippen LogP contribution in [0, 0.1) is 0 Å². The van der Waals surface area contributed by atoms with Crippen molar-refractivity contribution in [2.45, 2.75) is 51.6 Å². The van der Waals surface area contributed by atoms with Crippen LogP contribution in [0.4, 0.5) is 5.69 Å². The molecule has 4 amide bonds. The number of benzene rings is 2. The Kier molecular flexibility index (Phi) is 5.04. The maximum atomic E-state index is 12.9. The molecule has 8 heteroatoms. The number of rotatable bonds is 3. The monoisotopic (exact) mass is 458 g/mol. The standard InChI is InChI=1S/C26H26N4O4/c1-26(2,3)16-5-4-14-11-20(28-19(14)12-16)23(32)27-17-6-7-18-15(10-17)13-30(25(18)34)21-8-9-22(31)29-24(21)33/h4-7,10-12,21,28H,8-9,13H2,1-3H3,(H,27,32)(H,29,31,33). The van der Waals surface area contributed by atoms with E-state index in [1.165, 1.54) is 10.5 Å². The predicted molar refractivity (Wildman–Crippen MR) is 127 cm³/mol. The molecule has 2 aromatic carbocycles. The fourth-order valence-electron chi connectivity index (χ4n) is 4.57. The minimum Gasteiger partial charge on any atom is -0.351 e. The number of imide groups is 1. The largest absolute Gasteiger partial charge is 0.351 e. The van der Waals surface area contributed by atoms with Crippen molar-refractivity contribution in [1.82, 2.24) is 15.2 Å². The van der Waals surface area contributed by atoms with E-state index in [1.807, 2.05) is 12.1 Å². The minimum absolute atomic E-state index is 0.00524. The van der Waals surface area contributed by atoms with Crippen molar-refractivity contribution in [2.24, 2.45) is 0 Å². The molecule has 0 saturated carbocycles. The number of aromatic amines is 1. The number of hydrogen-bond acceptors (Lipinski definition) is 4. The fourth-order valence-corrected chi connectivity index (χ4v) is 4.57. The van der Waals surface area contributed by atoms with Crippen LogP contribution in [0.15, 0.2) is 42.5 Å². The fraction of sp³-hybridized carbons (Fsp3) is 0.308. The second kappa shape index (κ2) is 7.83. The summed E-state index contributed by atoms with van der Waals surface area (Å²) in [4.78, 5) is 54.1. The molecule has 0 aliphatic carbocycles. The van der Waals surface area contributed by atoms with Gasteiger partial charge in [0.15, 0.2) is 0 Å². The molecule has 2 aliphatic rings. The van der Waals surface area contributed by atoms with E-state index in [0.29, 0.717) is 23.4 Å². The normalized spacial score (nSPS) is 18.3. The number of piperidine rings is 1. The maximum absolute atomic E-state index is 12.9. The van der Waals surface area contributed by atoms with E-state index < -0.39 is 11.9 Å². The molecule has 8 nitrogen and oxygen atoms in total. The van der Waals surface area contributed by atoms with Gasteiger partial charge in [-0.3, -0.25) is 24.5 Å². The number of carbonyl (C=O) groups excluding carboxylic acids is 4. The highest BCUT2D eigenvalue weighted by molar-refractivity contribution is 6.08. The molecule has 1 atom stereocenters. The van der Waals surface area contributed by atoms with Crippen molar-refractivity contribution in [3.8, 4) is 0 Å². The molecule has 1 aromatic heterocycles. The third kappa shape index (κ3) is 3.85. The first-order chi connectivity index (χ1) is 16.1. The molecule has 2 aliphatic heterocycles. The minimum atomic E-state index is -0.667. The maximum Gasteiger partial charge on any atom is 0.272 e. The summed E-state index contributed by atoms with van der Waals surface area (Å²) >= 11 is 0. The number of carbonyl (C=O) groups is 4. The van der Waals surface area contributed by atoms with E-state index in [0.717, 1.165) is 16.5 Å². The molecule has 1 unspecified atom stereocenters. The van der Waals surface area contributed by atoms with Crippen LogP contribution in [0.3, 0.4) is 0 Å². The van der Waals surface area contributed by atoms with Gasteiger partial charge in [-0.25, -0.2) is 0 Å². The Balaban J connectivity index is 1.33. The number of hydrogen-bond donors (Lipinski definition) is 3. The highest BCUT2D eigenvalue weighted by Gasteiger charge is 2.39. The number of aromatic nitrogens is 1. The zero-order valence-corrected chi connectivity index (χ0v) is 19.3. The summed E-state index contributed by atoms with van der Waals surface area (Å²) < 4.78 is 0. The van der Waals surface area contributed by atoms with E-state index in [-0.39, 0.29) is 36.1 Å². The van der Waals surface area contributed by atoms with E-state index in [4.69, 9.17) is 0 Å². The van der Waals surface area contributed by atoms with Gasteiger partial charge < -0.3 is 15.2 Å². The molecule has 34 heavy (non-hydrogen) atoms. The number of anilines is 1. The molecule has 3 N–H and O–H groups in total. The summed E-state index contributed by atoms with van der Waals surface area (Å²) in [7, 11) is 0. The molecule has 0 spiro atoms. The van der Waals surface area contributed by atoms with Crippen LogP contribution in [-0.4, -0.2) is 39.6 Å². The van der Waals surface area contributed by atoms with Gasteiger partial charge in [-0.15, -0.1) is 0 Å². The van der Waals surface area contributed by atoms with Crippen LogP contribution < -0.4 is 10.6 Å². The quantitative estimate of drug-likeness (QED) is 0.522. The van der Waals surface area contributed by atoms with E-state index in [9.17, 15) is 19.2 Å². The number of H-pyrrole nitrogens is 1. The van der Waals surface area contributed by atoms with Crippen LogP contribution in [0.2, 0.25) is 0 Å². The first kappa shape index (κ1) is 21.9. The molecule has 174 valence electrons. The van der Waals surface area contributed by atoms with Crippen LogP contribution in [0.25, 0.3) is 10.9 Å². The lowest BCUT2D eigenvalue weighted by atomic mass is 9.87. The van der Waals surface area contributed by atoms with Crippen LogP contribution >= 0.6 is 0 Å². The van der Waals surface area contributed by atoms with Gasteiger partial charge in [0.05, 0.1) is 0 Å². The summed E-state index contributed by atoms with van der Waals surface area (Å²) in [6, 6.07) is 12.4. The molecular formula is C26H26N4O4. The predicted octanol–water partition coefficient (Wildman–Crippen LogP) is 3.48. The summed E-state index contributed by atoms with van der Waals surface area (Å²) in [6.07, 6.45) is 0.519. The lowest BCUT2D eigenvalue weighted by molar-refractivity contribution is -0.136. The van der Waals surface area contributed by atoms with Crippen molar-refractivity contribution in [1.29, 1.82) is 0 Å². The van der Waals surface area contributed by atoms with Gasteiger partial charge in [0.2, 0.25) is 11.8 Å². The second-order valence-corrected chi connectivity index (χ2v) is 9.96. The van der Waals surface area contributed by atoms with E-state index in [2.05, 4.69) is 48.5 Å². The first-order valence-electron chi connectivity index (χ1n) is 11.3. The number of fused-ring (bicyclic) bond motifs is 2. The van der Waals surface area contributed by atoms with Gasteiger partial charge in [-0.1, -0.05) is 32.9 Å². The molecule has 1 fully saturated rings. The van der Waals surface area contributed by atoms with E-state index in [1.54, 1.807) is 18.2 Å². The lowest BCUT2D eigenvalue weighted by Crippen LogP contribution is -2.52. The third-order valence-corrected chi connectivity index (χ3v) is 6.51. The van der Waals surface area contributed by atoms with Gasteiger partial charge in [-0.05, 0) is 53.3 Å².